The molecule has 1 saturated carbocycles. The molecule has 0 spiro atoms. The van der Waals surface area contributed by atoms with Gasteiger partial charge < -0.3 is 5.11 Å². The van der Waals surface area contributed by atoms with Gasteiger partial charge in [-0.2, -0.15) is 0 Å². The minimum absolute atomic E-state index is 0.387. The molecule has 2 aliphatic rings. The van der Waals surface area contributed by atoms with E-state index in [4.69, 9.17) is 0 Å². The molecule has 1 heterocycles. The standard InChI is InChI=1S/C17H26N2O/c20-17(8-4-5-9-17)15-19-12-10-18(11-13-19)14-16-6-2-1-3-7-16/h1-3,6-7,20H,4-5,8-15H2. The Labute approximate surface area is 122 Å². The van der Waals surface area contributed by atoms with Crippen molar-refractivity contribution >= 4 is 0 Å². The summed E-state index contributed by atoms with van der Waals surface area (Å²) in [6.07, 6.45) is 4.39. The number of rotatable bonds is 4. The second-order valence-corrected chi connectivity index (χ2v) is 6.47. The van der Waals surface area contributed by atoms with Gasteiger partial charge in [0, 0.05) is 39.3 Å². The van der Waals surface area contributed by atoms with Crippen molar-refractivity contribution < 1.29 is 5.11 Å². The highest BCUT2D eigenvalue weighted by Crippen LogP contribution is 2.30. The fourth-order valence-electron chi connectivity index (χ4n) is 3.55. The van der Waals surface area contributed by atoms with Gasteiger partial charge in [0.05, 0.1) is 5.60 Å². The minimum atomic E-state index is -0.387. The Morgan fingerprint density at radius 2 is 1.50 bits per heavy atom. The molecule has 0 aromatic heterocycles. The van der Waals surface area contributed by atoms with Crippen molar-refractivity contribution in [3.8, 4) is 0 Å². The van der Waals surface area contributed by atoms with Crippen LogP contribution >= 0.6 is 0 Å². The third-order valence-electron chi connectivity index (χ3n) is 4.77. The van der Waals surface area contributed by atoms with Gasteiger partial charge in [0.2, 0.25) is 0 Å². The zero-order chi connectivity index (χ0) is 13.8. The molecule has 2 fully saturated rings. The molecule has 1 aliphatic carbocycles. The summed E-state index contributed by atoms with van der Waals surface area (Å²) in [4.78, 5) is 4.97. The highest BCUT2D eigenvalue weighted by Gasteiger charge is 2.33. The predicted molar refractivity (Wildman–Crippen MR) is 81.6 cm³/mol. The topological polar surface area (TPSA) is 26.7 Å². The van der Waals surface area contributed by atoms with E-state index in [0.29, 0.717) is 0 Å². The third kappa shape index (κ3) is 3.60. The molecule has 20 heavy (non-hydrogen) atoms. The molecule has 110 valence electrons. The van der Waals surface area contributed by atoms with Crippen LogP contribution in [0.3, 0.4) is 0 Å². The quantitative estimate of drug-likeness (QED) is 0.911. The summed E-state index contributed by atoms with van der Waals surface area (Å²) in [7, 11) is 0. The van der Waals surface area contributed by atoms with Gasteiger partial charge >= 0.3 is 0 Å². The molecule has 3 rings (SSSR count). The smallest absolute Gasteiger partial charge is 0.0774 e. The number of β-amino-alcohol motifs (C(OH)–C–C–N with tert-alkyl or cyclic N) is 1. The molecule has 3 heteroatoms. The normalized spacial score (nSPS) is 24.1. The molecule has 1 aromatic rings. The maximum absolute atomic E-state index is 10.5. The lowest BCUT2D eigenvalue weighted by Crippen LogP contribution is -2.50. The molecule has 0 atom stereocenters. The van der Waals surface area contributed by atoms with E-state index in [2.05, 4.69) is 40.1 Å². The van der Waals surface area contributed by atoms with Gasteiger partial charge in [-0.25, -0.2) is 0 Å². The van der Waals surface area contributed by atoms with Gasteiger partial charge in [0.15, 0.2) is 0 Å². The summed E-state index contributed by atoms with van der Waals surface area (Å²) >= 11 is 0. The second-order valence-electron chi connectivity index (χ2n) is 6.47. The van der Waals surface area contributed by atoms with Crippen LogP contribution in [0.2, 0.25) is 0 Å². The predicted octanol–water partition coefficient (Wildman–Crippen LogP) is 2.11. The van der Waals surface area contributed by atoms with Crippen molar-refractivity contribution in [3.05, 3.63) is 35.9 Å². The van der Waals surface area contributed by atoms with Gasteiger partial charge in [0.25, 0.3) is 0 Å². The van der Waals surface area contributed by atoms with Crippen molar-refractivity contribution in [2.45, 2.75) is 37.8 Å². The van der Waals surface area contributed by atoms with Crippen LogP contribution in [0.1, 0.15) is 31.2 Å². The lowest BCUT2D eigenvalue weighted by atomic mass is 10.0. The molecule has 1 aromatic carbocycles. The summed E-state index contributed by atoms with van der Waals surface area (Å²) in [5, 5.41) is 10.5. The number of aliphatic hydroxyl groups is 1. The van der Waals surface area contributed by atoms with E-state index >= 15 is 0 Å². The number of hydrogen-bond acceptors (Lipinski definition) is 3. The Bertz CT molecular complexity index is 406. The second kappa shape index (κ2) is 6.25. The van der Waals surface area contributed by atoms with Crippen molar-refractivity contribution in [3.63, 3.8) is 0 Å². The number of benzene rings is 1. The van der Waals surface area contributed by atoms with Crippen LogP contribution in [0, 0.1) is 0 Å². The summed E-state index contributed by atoms with van der Waals surface area (Å²) in [5.41, 5.74) is 1.01. The lowest BCUT2D eigenvalue weighted by Gasteiger charge is -2.38. The van der Waals surface area contributed by atoms with E-state index in [1.165, 1.54) is 18.4 Å². The fourth-order valence-corrected chi connectivity index (χ4v) is 3.55. The van der Waals surface area contributed by atoms with Crippen LogP contribution in [0.4, 0.5) is 0 Å². The minimum Gasteiger partial charge on any atom is -0.389 e. The van der Waals surface area contributed by atoms with Crippen LogP contribution in [-0.4, -0.2) is 53.2 Å². The monoisotopic (exact) mass is 274 g/mol. The van der Waals surface area contributed by atoms with Crippen molar-refractivity contribution in [1.29, 1.82) is 0 Å². The summed E-state index contributed by atoms with van der Waals surface area (Å²) in [5.74, 6) is 0. The zero-order valence-electron chi connectivity index (χ0n) is 12.3. The molecule has 0 bridgehead atoms. The average molecular weight is 274 g/mol. The van der Waals surface area contributed by atoms with Crippen LogP contribution < -0.4 is 0 Å². The van der Waals surface area contributed by atoms with E-state index < -0.39 is 0 Å². The van der Waals surface area contributed by atoms with Gasteiger partial charge in [-0.05, 0) is 18.4 Å². The third-order valence-corrected chi connectivity index (χ3v) is 4.77. The molecular weight excluding hydrogens is 248 g/mol. The van der Waals surface area contributed by atoms with E-state index in [1.807, 2.05) is 0 Å². The van der Waals surface area contributed by atoms with Crippen LogP contribution in [0.15, 0.2) is 30.3 Å². The van der Waals surface area contributed by atoms with Crippen molar-refractivity contribution in [2.75, 3.05) is 32.7 Å². The highest BCUT2D eigenvalue weighted by molar-refractivity contribution is 5.14. The van der Waals surface area contributed by atoms with E-state index in [9.17, 15) is 5.11 Å². The molecular formula is C17H26N2O. The lowest BCUT2D eigenvalue weighted by molar-refractivity contribution is -0.00532. The molecule has 1 aliphatic heterocycles. The maximum Gasteiger partial charge on any atom is 0.0774 e. The van der Waals surface area contributed by atoms with Crippen molar-refractivity contribution in [1.82, 2.24) is 9.80 Å². The largest absolute Gasteiger partial charge is 0.389 e. The average Bonchev–Trinajstić information content (AvgIpc) is 2.89. The fraction of sp³-hybridized carbons (Fsp3) is 0.647. The highest BCUT2D eigenvalue weighted by atomic mass is 16.3. The van der Waals surface area contributed by atoms with E-state index in [-0.39, 0.29) is 5.60 Å². The van der Waals surface area contributed by atoms with E-state index in [0.717, 1.165) is 52.1 Å². The zero-order valence-corrected chi connectivity index (χ0v) is 12.3. The Hall–Kier alpha value is -0.900. The molecule has 1 saturated heterocycles. The molecule has 0 radical (unpaired) electrons. The first kappa shape index (κ1) is 14.1. The van der Waals surface area contributed by atoms with Crippen LogP contribution in [0.25, 0.3) is 0 Å². The first-order valence-electron chi connectivity index (χ1n) is 7.95. The van der Waals surface area contributed by atoms with Gasteiger partial charge in [0.1, 0.15) is 0 Å². The molecule has 0 amide bonds. The Balaban J connectivity index is 1.45. The first-order valence-corrected chi connectivity index (χ1v) is 7.95. The summed E-state index contributed by atoms with van der Waals surface area (Å²) in [6.45, 7) is 6.35. The first-order chi connectivity index (χ1) is 9.73. The number of nitrogens with zero attached hydrogens (tertiary/aromatic N) is 2. The SMILES string of the molecule is OC1(CN2CCN(Cc3ccccc3)CC2)CCCC1. The maximum atomic E-state index is 10.5. The number of hydrogen-bond donors (Lipinski definition) is 1. The Morgan fingerprint density at radius 1 is 0.900 bits per heavy atom. The molecule has 1 N–H and O–H groups in total. The van der Waals surface area contributed by atoms with Crippen molar-refractivity contribution in [2.24, 2.45) is 0 Å². The van der Waals surface area contributed by atoms with Crippen LogP contribution in [-0.2, 0) is 6.54 Å². The van der Waals surface area contributed by atoms with Gasteiger partial charge in [-0.1, -0.05) is 43.2 Å². The summed E-state index contributed by atoms with van der Waals surface area (Å²) in [6, 6.07) is 10.7. The van der Waals surface area contributed by atoms with Gasteiger partial charge in [-0.15, -0.1) is 0 Å². The molecule has 3 nitrogen and oxygen atoms in total. The van der Waals surface area contributed by atoms with E-state index in [1.54, 1.807) is 0 Å². The van der Waals surface area contributed by atoms with Crippen LogP contribution in [0.5, 0.6) is 0 Å². The molecule has 0 unspecified atom stereocenters. The summed E-state index contributed by atoms with van der Waals surface area (Å²) < 4.78 is 0. The Morgan fingerprint density at radius 3 is 2.15 bits per heavy atom. The van der Waals surface area contributed by atoms with Gasteiger partial charge in [-0.3, -0.25) is 9.80 Å². The number of piperazine rings is 1. The Kier molecular flexibility index (Phi) is 4.39.